The van der Waals surface area contributed by atoms with Gasteiger partial charge >= 0.3 is 5.97 Å². The fourth-order valence-electron chi connectivity index (χ4n) is 4.66. The highest BCUT2D eigenvalue weighted by molar-refractivity contribution is 5.89. The molecule has 2 aliphatic rings. The normalized spacial score (nSPS) is 27.2. The largest absolute Gasteiger partial charge is 0.476 e. The Morgan fingerprint density at radius 2 is 2.12 bits per heavy atom. The lowest BCUT2D eigenvalue weighted by molar-refractivity contribution is 0.0687. The second kappa shape index (κ2) is 4.65. The van der Waals surface area contributed by atoms with E-state index in [1.54, 1.807) is 0 Å². The molecule has 126 valence electrons. The van der Waals surface area contributed by atoms with Gasteiger partial charge in [-0.3, -0.25) is 0 Å². The van der Waals surface area contributed by atoms with Crippen molar-refractivity contribution in [2.75, 3.05) is 0 Å². The molecule has 0 bridgehead atoms. The summed E-state index contributed by atoms with van der Waals surface area (Å²) < 4.78 is 28.8. The Kier molecular flexibility index (Phi) is 2.96. The van der Waals surface area contributed by atoms with Gasteiger partial charge in [0.15, 0.2) is 11.5 Å². The number of benzene rings is 1. The average Bonchev–Trinajstić information content (AvgIpc) is 3.05. The predicted octanol–water partition coefficient (Wildman–Crippen LogP) is 3.88. The molecule has 0 radical (unpaired) electrons. The van der Waals surface area contributed by atoms with Gasteiger partial charge in [0.05, 0.1) is 5.69 Å². The van der Waals surface area contributed by atoms with Crippen molar-refractivity contribution < 1.29 is 18.7 Å². The number of fused-ring (bicyclic) bond motifs is 3. The standard InChI is InChI=1S/C18H18F2N2O2/c1-8(2)18-7-11(18)9(3)16-14(18)15(17(23)24)21-22(16)13-5-4-10(19)6-12(13)20/h4-6,8-9,11H,7H2,1-3H3,(H,23,24)/t9-,11-,18+/m1/s1. The zero-order valence-electron chi connectivity index (χ0n) is 13.7. The van der Waals surface area contributed by atoms with E-state index < -0.39 is 17.6 Å². The van der Waals surface area contributed by atoms with Gasteiger partial charge in [0.1, 0.15) is 11.5 Å². The maximum Gasteiger partial charge on any atom is 0.356 e. The van der Waals surface area contributed by atoms with Crippen LogP contribution in [0.25, 0.3) is 5.69 Å². The van der Waals surface area contributed by atoms with Crippen LogP contribution in [0.15, 0.2) is 18.2 Å². The smallest absolute Gasteiger partial charge is 0.356 e. The Morgan fingerprint density at radius 1 is 1.42 bits per heavy atom. The highest BCUT2D eigenvalue weighted by Gasteiger charge is 2.67. The average molecular weight is 332 g/mol. The van der Waals surface area contributed by atoms with Crippen LogP contribution >= 0.6 is 0 Å². The van der Waals surface area contributed by atoms with Crippen molar-refractivity contribution in [2.45, 2.75) is 38.5 Å². The third-order valence-electron chi connectivity index (χ3n) is 5.85. The third-order valence-corrected chi connectivity index (χ3v) is 5.85. The fraction of sp³-hybridized carbons (Fsp3) is 0.444. The molecule has 24 heavy (non-hydrogen) atoms. The van der Waals surface area contributed by atoms with Gasteiger partial charge < -0.3 is 5.11 Å². The van der Waals surface area contributed by atoms with Gasteiger partial charge in [-0.1, -0.05) is 20.8 Å². The Labute approximate surface area is 138 Å². The molecule has 1 aromatic heterocycles. The van der Waals surface area contributed by atoms with Crippen LogP contribution in [0.1, 0.15) is 54.9 Å². The van der Waals surface area contributed by atoms with E-state index in [9.17, 15) is 18.7 Å². The number of aromatic carboxylic acids is 1. The maximum absolute atomic E-state index is 14.3. The minimum Gasteiger partial charge on any atom is -0.476 e. The molecule has 0 aliphatic heterocycles. The van der Waals surface area contributed by atoms with E-state index in [1.807, 2.05) is 6.92 Å². The van der Waals surface area contributed by atoms with Gasteiger partial charge in [0, 0.05) is 23.0 Å². The number of carboxylic acids is 1. The van der Waals surface area contributed by atoms with E-state index in [0.717, 1.165) is 29.8 Å². The molecule has 0 amide bonds. The van der Waals surface area contributed by atoms with E-state index in [4.69, 9.17) is 0 Å². The van der Waals surface area contributed by atoms with Crippen LogP contribution in [0.5, 0.6) is 0 Å². The zero-order chi connectivity index (χ0) is 17.4. The second-order valence-electron chi connectivity index (χ2n) is 7.22. The van der Waals surface area contributed by atoms with Gasteiger partial charge in [0.2, 0.25) is 0 Å². The molecule has 0 unspecified atom stereocenters. The van der Waals surface area contributed by atoms with Crippen LogP contribution in [0.4, 0.5) is 8.78 Å². The van der Waals surface area contributed by atoms with Crippen LogP contribution in [-0.2, 0) is 5.41 Å². The molecule has 0 spiro atoms. The van der Waals surface area contributed by atoms with E-state index in [0.29, 0.717) is 5.92 Å². The number of aromatic nitrogens is 2. The Bertz CT molecular complexity index is 874. The van der Waals surface area contributed by atoms with Gasteiger partial charge in [-0.25, -0.2) is 18.3 Å². The first-order chi connectivity index (χ1) is 11.3. The molecule has 6 heteroatoms. The quantitative estimate of drug-likeness (QED) is 0.928. The van der Waals surface area contributed by atoms with E-state index >= 15 is 0 Å². The van der Waals surface area contributed by atoms with Crippen LogP contribution in [0.2, 0.25) is 0 Å². The van der Waals surface area contributed by atoms with E-state index in [1.165, 1.54) is 10.7 Å². The number of hydrogen-bond donors (Lipinski definition) is 1. The predicted molar refractivity (Wildman–Crippen MR) is 83.5 cm³/mol. The third kappa shape index (κ3) is 1.71. The van der Waals surface area contributed by atoms with Crippen molar-refractivity contribution in [1.82, 2.24) is 9.78 Å². The van der Waals surface area contributed by atoms with Gasteiger partial charge in [-0.2, -0.15) is 5.10 Å². The lowest BCUT2D eigenvalue weighted by Gasteiger charge is -2.18. The Balaban J connectivity index is 2.00. The molecule has 0 saturated heterocycles. The van der Waals surface area contributed by atoms with E-state index in [2.05, 4.69) is 18.9 Å². The van der Waals surface area contributed by atoms with Gasteiger partial charge in [-0.05, 0) is 30.4 Å². The van der Waals surface area contributed by atoms with E-state index in [-0.39, 0.29) is 28.6 Å². The number of nitrogens with zero attached hydrogens (tertiary/aromatic N) is 2. The summed E-state index contributed by atoms with van der Waals surface area (Å²) >= 11 is 0. The van der Waals surface area contributed by atoms with Crippen LogP contribution in [-0.4, -0.2) is 20.9 Å². The summed E-state index contributed by atoms with van der Waals surface area (Å²) in [6.07, 6.45) is 0.941. The molecular weight excluding hydrogens is 314 g/mol. The topological polar surface area (TPSA) is 55.1 Å². The Morgan fingerprint density at radius 3 is 2.71 bits per heavy atom. The monoisotopic (exact) mass is 332 g/mol. The van der Waals surface area contributed by atoms with Crippen LogP contribution < -0.4 is 0 Å². The first-order valence-electron chi connectivity index (χ1n) is 8.11. The van der Waals surface area contributed by atoms with Gasteiger partial charge in [0.25, 0.3) is 0 Å². The van der Waals surface area contributed by atoms with Crippen molar-refractivity contribution in [2.24, 2.45) is 11.8 Å². The van der Waals surface area contributed by atoms with Crippen molar-refractivity contribution in [3.63, 3.8) is 0 Å². The van der Waals surface area contributed by atoms with Crippen LogP contribution in [0.3, 0.4) is 0 Å². The number of carboxylic acid groups (broad SMARTS) is 1. The second-order valence-corrected chi connectivity index (χ2v) is 7.22. The molecule has 1 heterocycles. The summed E-state index contributed by atoms with van der Waals surface area (Å²) in [6.45, 7) is 6.21. The van der Waals surface area contributed by atoms with Crippen molar-refractivity contribution in [3.8, 4) is 5.69 Å². The van der Waals surface area contributed by atoms with Crippen molar-refractivity contribution >= 4 is 5.97 Å². The lowest BCUT2D eigenvalue weighted by Crippen LogP contribution is -2.18. The highest BCUT2D eigenvalue weighted by atomic mass is 19.1. The number of hydrogen-bond acceptors (Lipinski definition) is 2. The van der Waals surface area contributed by atoms with Crippen molar-refractivity contribution in [3.05, 3.63) is 46.8 Å². The molecule has 4 rings (SSSR count). The summed E-state index contributed by atoms with van der Waals surface area (Å²) in [6, 6.07) is 3.26. The molecule has 3 atom stereocenters. The Hall–Kier alpha value is -2.24. The highest BCUT2D eigenvalue weighted by Crippen LogP contribution is 2.71. The molecule has 2 aromatic rings. The zero-order valence-corrected chi connectivity index (χ0v) is 13.7. The fourth-order valence-corrected chi connectivity index (χ4v) is 4.66. The number of rotatable bonds is 3. The molecule has 1 N–H and O–H groups in total. The molecule has 1 aromatic carbocycles. The lowest BCUT2D eigenvalue weighted by atomic mass is 9.85. The summed E-state index contributed by atoms with van der Waals surface area (Å²) in [5, 5.41) is 13.8. The minimum atomic E-state index is -1.10. The molecule has 4 nitrogen and oxygen atoms in total. The molecule has 1 saturated carbocycles. The summed E-state index contributed by atoms with van der Waals surface area (Å²) in [4.78, 5) is 11.8. The van der Waals surface area contributed by atoms with Gasteiger partial charge in [-0.15, -0.1) is 0 Å². The number of halogens is 2. The molecule has 1 fully saturated rings. The molecule has 2 aliphatic carbocycles. The first kappa shape index (κ1) is 15.3. The maximum atomic E-state index is 14.3. The summed E-state index contributed by atoms with van der Waals surface area (Å²) in [7, 11) is 0. The summed E-state index contributed by atoms with van der Waals surface area (Å²) in [5.74, 6) is -1.80. The summed E-state index contributed by atoms with van der Waals surface area (Å²) in [5.41, 5.74) is 1.40. The number of carbonyl (C=O) groups is 1. The SMILES string of the molecule is CC(C)[C@@]12C[C@@H]1[C@@H](C)c1c2c(C(=O)O)nn1-c1ccc(F)cc1F. The van der Waals surface area contributed by atoms with Crippen molar-refractivity contribution in [1.29, 1.82) is 0 Å². The minimum absolute atomic E-state index is 0.00530. The first-order valence-corrected chi connectivity index (χ1v) is 8.11. The molecular formula is C18H18F2N2O2. The van der Waals surface area contributed by atoms with Crippen LogP contribution in [0, 0.1) is 23.5 Å².